The predicted octanol–water partition coefficient (Wildman–Crippen LogP) is 3.04. The first-order chi connectivity index (χ1) is 10.2. The molecule has 0 radical (unpaired) electrons. The van der Waals surface area contributed by atoms with Crippen LogP contribution in [-0.2, 0) is 16.0 Å². The second kappa shape index (κ2) is 11.0. The summed E-state index contributed by atoms with van der Waals surface area (Å²) in [4.78, 5) is 0. The summed E-state index contributed by atoms with van der Waals surface area (Å²) in [6, 6.07) is 0.161. The maximum atomic E-state index is 6.33. The standard InChI is InChI=1S/C15H28ClN3O2/c1-4-7-17-14(6-10-21-9-5-2)15-13(16)12-18-19(15)8-11-20-3/h12,14,17H,4-11H2,1-3H3. The van der Waals surface area contributed by atoms with Gasteiger partial charge in [0, 0.05) is 20.3 Å². The van der Waals surface area contributed by atoms with Crippen LogP contribution in [0.4, 0.5) is 0 Å². The topological polar surface area (TPSA) is 48.3 Å². The summed E-state index contributed by atoms with van der Waals surface area (Å²) < 4.78 is 12.7. The monoisotopic (exact) mass is 317 g/mol. The molecule has 5 nitrogen and oxygen atoms in total. The lowest BCUT2D eigenvalue weighted by Crippen LogP contribution is -2.27. The van der Waals surface area contributed by atoms with Crippen molar-refractivity contribution in [2.24, 2.45) is 0 Å². The van der Waals surface area contributed by atoms with Crippen LogP contribution in [-0.4, -0.2) is 43.3 Å². The summed E-state index contributed by atoms with van der Waals surface area (Å²) in [5.74, 6) is 0. The van der Waals surface area contributed by atoms with Gasteiger partial charge in [0.1, 0.15) is 0 Å². The summed E-state index contributed by atoms with van der Waals surface area (Å²) in [6.07, 6.45) is 4.72. The van der Waals surface area contributed by atoms with Crippen LogP contribution in [0.2, 0.25) is 5.02 Å². The summed E-state index contributed by atoms with van der Waals surface area (Å²) >= 11 is 6.33. The van der Waals surface area contributed by atoms with Gasteiger partial charge in [0.25, 0.3) is 0 Å². The maximum absolute atomic E-state index is 6.33. The average Bonchev–Trinajstić information content (AvgIpc) is 2.85. The minimum atomic E-state index is 0.161. The Labute approximate surface area is 132 Å². The van der Waals surface area contributed by atoms with Crippen molar-refractivity contribution >= 4 is 11.6 Å². The SMILES string of the molecule is CCCNC(CCOCCC)c1c(Cl)cnn1CCOC. The number of nitrogens with one attached hydrogen (secondary N) is 1. The van der Waals surface area contributed by atoms with E-state index in [4.69, 9.17) is 21.1 Å². The third-order valence-electron chi connectivity index (χ3n) is 3.21. The van der Waals surface area contributed by atoms with Crippen LogP contribution < -0.4 is 5.32 Å². The zero-order chi connectivity index (χ0) is 15.5. The Balaban J connectivity index is 2.73. The minimum absolute atomic E-state index is 0.161. The van der Waals surface area contributed by atoms with Crippen LogP contribution in [0.25, 0.3) is 0 Å². The molecule has 1 aromatic rings. The van der Waals surface area contributed by atoms with E-state index in [0.29, 0.717) is 18.2 Å². The van der Waals surface area contributed by atoms with Crippen LogP contribution in [0.1, 0.15) is 44.8 Å². The molecule has 0 fully saturated rings. The van der Waals surface area contributed by atoms with Crippen LogP contribution in [0.15, 0.2) is 6.20 Å². The van der Waals surface area contributed by atoms with Crippen molar-refractivity contribution in [3.63, 3.8) is 0 Å². The van der Waals surface area contributed by atoms with E-state index >= 15 is 0 Å². The van der Waals surface area contributed by atoms with Gasteiger partial charge in [-0.25, -0.2) is 0 Å². The highest BCUT2D eigenvalue weighted by Crippen LogP contribution is 2.25. The van der Waals surface area contributed by atoms with Crippen molar-refractivity contribution in [2.45, 2.75) is 45.7 Å². The Morgan fingerprint density at radius 2 is 2.10 bits per heavy atom. The molecule has 1 heterocycles. The molecule has 0 spiro atoms. The van der Waals surface area contributed by atoms with Gasteiger partial charge in [0.2, 0.25) is 0 Å². The highest BCUT2D eigenvalue weighted by Gasteiger charge is 2.19. The van der Waals surface area contributed by atoms with Crippen molar-refractivity contribution in [2.75, 3.05) is 33.5 Å². The van der Waals surface area contributed by atoms with Crippen LogP contribution in [0, 0.1) is 0 Å². The van der Waals surface area contributed by atoms with Crippen molar-refractivity contribution in [1.29, 1.82) is 0 Å². The summed E-state index contributed by atoms with van der Waals surface area (Å²) in [5.41, 5.74) is 1.03. The molecule has 1 unspecified atom stereocenters. The smallest absolute Gasteiger partial charge is 0.0834 e. The molecule has 122 valence electrons. The zero-order valence-corrected chi connectivity index (χ0v) is 14.2. The summed E-state index contributed by atoms with van der Waals surface area (Å²) in [7, 11) is 1.69. The molecule has 0 aromatic carbocycles. The Hall–Kier alpha value is -0.620. The Morgan fingerprint density at radius 3 is 2.76 bits per heavy atom. The summed E-state index contributed by atoms with van der Waals surface area (Å²) in [5, 5.41) is 8.59. The van der Waals surface area contributed by atoms with Gasteiger partial charge in [-0.3, -0.25) is 4.68 Å². The molecule has 21 heavy (non-hydrogen) atoms. The molecule has 6 heteroatoms. The minimum Gasteiger partial charge on any atom is -0.383 e. The number of nitrogens with zero attached hydrogens (tertiary/aromatic N) is 2. The van der Waals surface area contributed by atoms with Gasteiger partial charge in [-0.2, -0.15) is 5.10 Å². The quantitative estimate of drug-likeness (QED) is 0.602. The Morgan fingerprint density at radius 1 is 1.29 bits per heavy atom. The van der Waals surface area contributed by atoms with Crippen LogP contribution in [0.5, 0.6) is 0 Å². The Bertz CT molecular complexity index is 385. The summed E-state index contributed by atoms with van der Waals surface area (Å²) in [6.45, 7) is 8.07. The van der Waals surface area contributed by atoms with Crippen LogP contribution >= 0.6 is 11.6 Å². The van der Waals surface area contributed by atoms with E-state index in [1.54, 1.807) is 13.3 Å². The van der Waals surface area contributed by atoms with E-state index in [1.807, 2.05) is 4.68 Å². The number of halogens is 1. The van der Waals surface area contributed by atoms with E-state index in [-0.39, 0.29) is 6.04 Å². The molecule has 0 aliphatic carbocycles. The van der Waals surface area contributed by atoms with Crippen molar-refractivity contribution in [3.05, 3.63) is 16.9 Å². The lowest BCUT2D eigenvalue weighted by molar-refractivity contribution is 0.123. The molecule has 0 bridgehead atoms. The highest BCUT2D eigenvalue weighted by atomic mass is 35.5. The van der Waals surface area contributed by atoms with Crippen molar-refractivity contribution < 1.29 is 9.47 Å². The molecule has 1 aromatic heterocycles. The molecular formula is C15H28ClN3O2. The van der Waals surface area contributed by atoms with Crippen molar-refractivity contribution in [1.82, 2.24) is 15.1 Å². The number of aromatic nitrogens is 2. The van der Waals surface area contributed by atoms with E-state index in [0.717, 1.165) is 44.7 Å². The number of ether oxygens (including phenoxy) is 2. The third-order valence-corrected chi connectivity index (χ3v) is 3.50. The molecule has 0 saturated carbocycles. The Kier molecular flexibility index (Phi) is 9.67. The first kappa shape index (κ1) is 18.4. The normalized spacial score (nSPS) is 12.8. The fourth-order valence-electron chi connectivity index (χ4n) is 2.18. The molecule has 0 aliphatic rings. The van der Waals surface area contributed by atoms with Gasteiger partial charge in [-0.05, 0) is 25.8 Å². The molecule has 0 aliphatic heterocycles. The largest absolute Gasteiger partial charge is 0.383 e. The highest BCUT2D eigenvalue weighted by molar-refractivity contribution is 6.31. The molecule has 0 saturated heterocycles. The number of hydrogen-bond donors (Lipinski definition) is 1. The lowest BCUT2D eigenvalue weighted by atomic mass is 10.1. The molecule has 1 atom stereocenters. The average molecular weight is 318 g/mol. The number of rotatable bonds is 12. The second-order valence-corrected chi connectivity index (χ2v) is 5.41. The number of methoxy groups -OCH3 is 1. The van der Waals surface area contributed by atoms with E-state index in [1.165, 1.54) is 0 Å². The van der Waals surface area contributed by atoms with Gasteiger partial charge in [-0.15, -0.1) is 0 Å². The lowest BCUT2D eigenvalue weighted by Gasteiger charge is -2.20. The van der Waals surface area contributed by atoms with E-state index < -0.39 is 0 Å². The maximum Gasteiger partial charge on any atom is 0.0834 e. The third kappa shape index (κ3) is 6.34. The number of hydrogen-bond acceptors (Lipinski definition) is 4. The van der Waals surface area contributed by atoms with E-state index in [9.17, 15) is 0 Å². The van der Waals surface area contributed by atoms with Gasteiger partial charge in [0.15, 0.2) is 0 Å². The van der Waals surface area contributed by atoms with Gasteiger partial charge in [-0.1, -0.05) is 25.4 Å². The predicted molar refractivity (Wildman–Crippen MR) is 85.9 cm³/mol. The van der Waals surface area contributed by atoms with E-state index in [2.05, 4.69) is 24.3 Å². The van der Waals surface area contributed by atoms with Gasteiger partial charge in [0.05, 0.1) is 36.1 Å². The molecule has 0 amide bonds. The molecular weight excluding hydrogens is 290 g/mol. The first-order valence-electron chi connectivity index (χ1n) is 7.75. The van der Waals surface area contributed by atoms with Crippen molar-refractivity contribution in [3.8, 4) is 0 Å². The van der Waals surface area contributed by atoms with Gasteiger partial charge < -0.3 is 14.8 Å². The molecule has 1 rings (SSSR count). The zero-order valence-electron chi connectivity index (χ0n) is 13.4. The molecule has 1 N–H and O–H groups in total. The van der Waals surface area contributed by atoms with Crippen LogP contribution in [0.3, 0.4) is 0 Å². The second-order valence-electron chi connectivity index (χ2n) is 5.00. The fourth-order valence-corrected chi connectivity index (χ4v) is 2.45. The van der Waals surface area contributed by atoms with Gasteiger partial charge >= 0.3 is 0 Å². The fraction of sp³-hybridized carbons (Fsp3) is 0.800. The first-order valence-corrected chi connectivity index (χ1v) is 8.13.